The molecule has 2 aromatic heterocycles. The summed E-state index contributed by atoms with van der Waals surface area (Å²) in [6.45, 7) is 1.33. The highest BCUT2D eigenvalue weighted by atomic mass is 35.5. The number of imidazole rings is 1. The molecule has 1 saturated heterocycles. The van der Waals surface area contributed by atoms with Crippen molar-refractivity contribution in [3.05, 3.63) is 68.0 Å². The number of amides is 1. The Kier molecular flexibility index (Phi) is 5.91. The van der Waals surface area contributed by atoms with Crippen LogP contribution in [0.15, 0.2) is 42.2 Å². The van der Waals surface area contributed by atoms with E-state index in [9.17, 15) is 14.9 Å². The van der Waals surface area contributed by atoms with Crippen molar-refractivity contribution in [2.45, 2.75) is 18.8 Å². The van der Waals surface area contributed by atoms with Gasteiger partial charge < -0.3 is 9.88 Å². The normalized spacial score (nSPS) is 15.0. The molecule has 0 bridgehead atoms. The zero-order valence-corrected chi connectivity index (χ0v) is 17.4. The summed E-state index contributed by atoms with van der Waals surface area (Å²) in [5, 5.41) is 14.1. The van der Waals surface area contributed by atoms with Gasteiger partial charge in [0.15, 0.2) is 0 Å². The number of carbonyl (C=O) groups is 1. The van der Waals surface area contributed by atoms with Crippen molar-refractivity contribution in [2.24, 2.45) is 0 Å². The van der Waals surface area contributed by atoms with Gasteiger partial charge in [0.05, 0.1) is 33.8 Å². The Hall–Kier alpha value is -3.04. The number of aromatic amines is 1. The van der Waals surface area contributed by atoms with Gasteiger partial charge in [0.1, 0.15) is 5.02 Å². The zero-order valence-electron chi connectivity index (χ0n) is 15.8. The van der Waals surface area contributed by atoms with Crippen molar-refractivity contribution in [3.8, 4) is 11.3 Å². The molecular weight excluding hydrogens is 426 g/mol. The molecule has 0 atom stereocenters. The Balaban J connectivity index is 1.39. The van der Waals surface area contributed by atoms with Gasteiger partial charge in [-0.1, -0.05) is 17.7 Å². The minimum absolute atomic E-state index is 0.0173. The fraction of sp³-hybridized carbons (Fsp3) is 0.250. The van der Waals surface area contributed by atoms with Gasteiger partial charge in [-0.2, -0.15) is 0 Å². The second kappa shape index (κ2) is 8.76. The number of halogens is 1. The van der Waals surface area contributed by atoms with Crippen molar-refractivity contribution < 1.29 is 9.72 Å². The molecule has 3 heterocycles. The molecule has 10 heteroatoms. The van der Waals surface area contributed by atoms with E-state index in [4.69, 9.17) is 16.6 Å². The first kappa shape index (κ1) is 20.2. The molecule has 1 aromatic carbocycles. The Bertz CT molecular complexity index is 1090. The number of hydrogen-bond donors (Lipinski definition) is 1. The van der Waals surface area contributed by atoms with Crippen LogP contribution in [0.4, 0.5) is 5.69 Å². The molecule has 1 amide bonds. The van der Waals surface area contributed by atoms with Crippen LogP contribution in [0.2, 0.25) is 5.02 Å². The van der Waals surface area contributed by atoms with Crippen LogP contribution < -0.4 is 0 Å². The van der Waals surface area contributed by atoms with Gasteiger partial charge in [0.25, 0.3) is 5.69 Å². The fourth-order valence-corrected chi connectivity index (χ4v) is 4.58. The highest BCUT2D eigenvalue weighted by Crippen LogP contribution is 2.35. The Morgan fingerprint density at radius 3 is 2.87 bits per heavy atom. The van der Waals surface area contributed by atoms with Crippen molar-refractivity contribution in [1.29, 1.82) is 0 Å². The first-order valence-electron chi connectivity index (χ1n) is 9.36. The zero-order chi connectivity index (χ0) is 21.1. The molecule has 1 aliphatic rings. The maximum absolute atomic E-state index is 12.4. The van der Waals surface area contributed by atoms with Gasteiger partial charge in [0, 0.05) is 42.1 Å². The van der Waals surface area contributed by atoms with E-state index in [0.717, 1.165) is 23.5 Å². The van der Waals surface area contributed by atoms with E-state index in [0.29, 0.717) is 24.3 Å². The van der Waals surface area contributed by atoms with E-state index in [2.05, 4.69) is 9.97 Å². The van der Waals surface area contributed by atoms with Crippen LogP contribution in [-0.2, 0) is 4.79 Å². The monoisotopic (exact) mass is 443 g/mol. The van der Waals surface area contributed by atoms with Gasteiger partial charge >= 0.3 is 0 Å². The third-order valence-corrected chi connectivity index (χ3v) is 6.37. The van der Waals surface area contributed by atoms with Crippen LogP contribution in [-0.4, -0.2) is 43.8 Å². The average Bonchev–Trinajstić information content (AvgIpc) is 3.44. The van der Waals surface area contributed by atoms with Gasteiger partial charge in [-0.05, 0) is 25.0 Å². The summed E-state index contributed by atoms with van der Waals surface area (Å²) >= 11 is 7.44. The molecule has 8 nitrogen and oxygen atoms in total. The third-order valence-electron chi connectivity index (χ3n) is 5.04. The Labute approximate surface area is 181 Å². The Morgan fingerprint density at radius 1 is 1.37 bits per heavy atom. The van der Waals surface area contributed by atoms with Gasteiger partial charge in [-0.15, -0.1) is 11.3 Å². The molecule has 30 heavy (non-hydrogen) atoms. The second-order valence-corrected chi connectivity index (χ2v) is 8.23. The molecular formula is C20H18ClN5O3S. The summed E-state index contributed by atoms with van der Waals surface area (Å²) in [4.78, 5) is 36.4. The molecule has 1 fully saturated rings. The lowest BCUT2D eigenvalue weighted by Gasteiger charge is -2.30. The predicted octanol–water partition coefficient (Wildman–Crippen LogP) is 4.51. The highest BCUT2D eigenvalue weighted by molar-refractivity contribution is 7.10. The number of likely N-dealkylation sites (tertiary alicyclic amines) is 1. The van der Waals surface area contributed by atoms with Crippen LogP contribution in [0.1, 0.15) is 29.5 Å². The average molecular weight is 444 g/mol. The predicted molar refractivity (Wildman–Crippen MR) is 115 cm³/mol. The number of rotatable bonds is 5. The fourth-order valence-electron chi connectivity index (χ4n) is 3.39. The third kappa shape index (κ3) is 4.42. The molecule has 1 N–H and O–H groups in total. The lowest BCUT2D eigenvalue weighted by atomic mass is 9.97. The first-order chi connectivity index (χ1) is 14.5. The topological polar surface area (TPSA) is 105 Å². The van der Waals surface area contributed by atoms with Crippen molar-refractivity contribution in [3.63, 3.8) is 0 Å². The summed E-state index contributed by atoms with van der Waals surface area (Å²) in [5.41, 5.74) is 2.04. The van der Waals surface area contributed by atoms with Crippen LogP contribution in [0.25, 0.3) is 17.3 Å². The van der Waals surface area contributed by atoms with Crippen molar-refractivity contribution in [2.75, 3.05) is 13.1 Å². The van der Waals surface area contributed by atoms with Gasteiger partial charge in [0.2, 0.25) is 5.91 Å². The number of carbonyl (C=O) groups excluding carboxylic acids is 1. The maximum atomic E-state index is 12.4. The van der Waals surface area contributed by atoms with Crippen LogP contribution >= 0.6 is 22.9 Å². The van der Waals surface area contributed by atoms with E-state index < -0.39 is 4.92 Å². The number of nitro groups is 1. The summed E-state index contributed by atoms with van der Waals surface area (Å²) in [5.74, 6) is 0.253. The number of H-pyrrole nitrogens is 1. The van der Waals surface area contributed by atoms with E-state index in [1.54, 1.807) is 42.1 Å². The molecule has 0 unspecified atom stereocenters. The number of nitro benzene ring substituents is 1. The smallest absolute Gasteiger partial charge is 0.288 e. The standard InChI is InChI=1S/C20H18ClN5O3S/c21-16-3-1-14(9-18(16)26(28)29)17-11-30-20(24-17)13-5-7-25(8-6-13)19(27)4-2-15-10-22-12-23-15/h1-4,9-13H,5-8H2,(H,22,23). The van der Waals surface area contributed by atoms with Crippen LogP contribution in [0, 0.1) is 10.1 Å². The summed E-state index contributed by atoms with van der Waals surface area (Å²) in [6, 6.07) is 4.71. The molecule has 1 aliphatic heterocycles. The summed E-state index contributed by atoms with van der Waals surface area (Å²) < 4.78 is 0. The molecule has 4 rings (SSSR count). The molecule has 0 aliphatic carbocycles. The van der Waals surface area contributed by atoms with E-state index in [-0.39, 0.29) is 22.5 Å². The van der Waals surface area contributed by atoms with Gasteiger partial charge in [-0.25, -0.2) is 9.97 Å². The molecule has 0 saturated carbocycles. The van der Waals surface area contributed by atoms with Crippen LogP contribution in [0.3, 0.4) is 0 Å². The Morgan fingerprint density at radius 2 is 2.17 bits per heavy atom. The summed E-state index contributed by atoms with van der Waals surface area (Å²) in [6.07, 6.45) is 8.17. The minimum atomic E-state index is -0.493. The lowest BCUT2D eigenvalue weighted by Crippen LogP contribution is -2.36. The van der Waals surface area contributed by atoms with Crippen molar-refractivity contribution in [1.82, 2.24) is 19.9 Å². The van der Waals surface area contributed by atoms with Crippen LogP contribution in [0.5, 0.6) is 0 Å². The second-order valence-electron chi connectivity index (χ2n) is 6.93. The molecule has 0 spiro atoms. The number of piperidine rings is 1. The van der Waals surface area contributed by atoms with E-state index in [1.165, 1.54) is 12.1 Å². The number of thiazole rings is 1. The van der Waals surface area contributed by atoms with Gasteiger partial charge in [-0.3, -0.25) is 14.9 Å². The van der Waals surface area contributed by atoms with E-state index >= 15 is 0 Å². The molecule has 0 radical (unpaired) electrons. The number of nitrogens with zero attached hydrogens (tertiary/aromatic N) is 4. The first-order valence-corrected chi connectivity index (χ1v) is 10.6. The number of aromatic nitrogens is 3. The minimum Gasteiger partial charge on any atom is -0.345 e. The lowest BCUT2D eigenvalue weighted by molar-refractivity contribution is -0.384. The number of nitrogens with one attached hydrogen (secondary N) is 1. The SMILES string of the molecule is O=C(C=Cc1cnc[nH]1)N1CCC(c2nc(-c3ccc(Cl)c([N+](=O)[O-])c3)cs2)CC1. The van der Waals surface area contributed by atoms with E-state index in [1.807, 2.05) is 10.3 Å². The highest BCUT2D eigenvalue weighted by Gasteiger charge is 2.25. The number of benzene rings is 1. The molecule has 3 aromatic rings. The largest absolute Gasteiger partial charge is 0.345 e. The number of hydrogen-bond acceptors (Lipinski definition) is 6. The molecule has 154 valence electrons. The van der Waals surface area contributed by atoms with Crippen molar-refractivity contribution >= 4 is 40.6 Å². The maximum Gasteiger partial charge on any atom is 0.288 e. The quantitative estimate of drug-likeness (QED) is 0.354. The summed E-state index contributed by atoms with van der Waals surface area (Å²) in [7, 11) is 0.